The van der Waals surface area contributed by atoms with Gasteiger partial charge in [-0.25, -0.2) is 0 Å². The van der Waals surface area contributed by atoms with Gasteiger partial charge in [-0.3, -0.25) is 4.98 Å². The number of hydrogen-bond acceptors (Lipinski definition) is 3. The van der Waals surface area contributed by atoms with Crippen molar-refractivity contribution in [3.63, 3.8) is 0 Å². The van der Waals surface area contributed by atoms with Gasteiger partial charge >= 0.3 is 0 Å². The lowest BCUT2D eigenvalue weighted by Gasteiger charge is -2.19. The number of rotatable bonds is 9. The Morgan fingerprint density at radius 1 is 1.24 bits per heavy atom. The van der Waals surface area contributed by atoms with Crippen LogP contribution in [0, 0.1) is 0 Å². The van der Waals surface area contributed by atoms with E-state index < -0.39 is 0 Å². The van der Waals surface area contributed by atoms with E-state index in [1.807, 2.05) is 18.5 Å². The summed E-state index contributed by atoms with van der Waals surface area (Å²) in [5.41, 5.74) is 1.34. The molecule has 0 spiro atoms. The summed E-state index contributed by atoms with van der Waals surface area (Å²) in [6.45, 7) is 7.99. The highest BCUT2D eigenvalue weighted by atomic mass is 32.2. The second-order valence-corrected chi connectivity index (χ2v) is 5.38. The third-order valence-corrected chi connectivity index (χ3v) is 3.96. The molecule has 0 aliphatic rings. The van der Waals surface area contributed by atoms with Crippen molar-refractivity contribution in [2.24, 2.45) is 0 Å². The number of pyridine rings is 1. The zero-order valence-corrected chi connectivity index (χ0v) is 11.9. The Morgan fingerprint density at radius 3 is 2.76 bits per heavy atom. The molecule has 1 aromatic rings. The molecule has 0 fully saturated rings. The van der Waals surface area contributed by atoms with Crippen LogP contribution in [-0.2, 0) is 6.42 Å². The van der Waals surface area contributed by atoms with Crippen LogP contribution in [0.3, 0.4) is 0 Å². The van der Waals surface area contributed by atoms with Gasteiger partial charge in [0, 0.05) is 31.2 Å². The molecule has 0 saturated heterocycles. The van der Waals surface area contributed by atoms with E-state index in [1.165, 1.54) is 30.0 Å². The largest absolute Gasteiger partial charge is 0.302 e. The van der Waals surface area contributed by atoms with Crippen molar-refractivity contribution in [2.75, 3.05) is 31.1 Å². The Balaban J connectivity index is 2.18. The van der Waals surface area contributed by atoms with Crippen LogP contribution in [0.15, 0.2) is 24.5 Å². The first kappa shape index (κ1) is 14.5. The number of aromatic nitrogens is 1. The monoisotopic (exact) mass is 252 g/mol. The molecule has 1 rings (SSSR count). The topological polar surface area (TPSA) is 16.1 Å². The molecule has 0 aromatic carbocycles. The van der Waals surface area contributed by atoms with E-state index >= 15 is 0 Å². The van der Waals surface area contributed by atoms with Gasteiger partial charge in [-0.1, -0.05) is 19.9 Å². The molecule has 0 saturated carbocycles. The molecule has 96 valence electrons. The molecule has 0 radical (unpaired) electrons. The van der Waals surface area contributed by atoms with E-state index in [0.29, 0.717) is 0 Å². The summed E-state index contributed by atoms with van der Waals surface area (Å²) in [5, 5.41) is 0. The Morgan fingerprint density at radius 2 is 2.12 bits per heavy atom. The van der Waals surface area contributed by atoms with E-state index in [1.54, 1.807) is 0 Å². The van der Waals surface area contributed by atoms with Crippen LogP contribution in [0.1, 0.15) is 25.8 Å². The summed E-state index contributed by atoms with van der Waals surface area (Å²) >= 11 is 2.06. The van der Waals surface area contributed by atoms with Crippen LogP contribution in [0.2, 0.25) is 0 Å². The van der Waals surface area contributed by atoms with Crippen LogP contribution >= 0.6 is 11.8 Å². The Kier molecular flexibility index (Phi) is 8.10. The van der Waals surface area contributed by atoms with Crippen LogP contribution in [-0.4, -0.2) is 41.0 Å². The van der Waals surface area contributed by atoms with Gasteiger partial charge < -0.3 is 4.90 Å². The lowest BCUT2D eigenvalue weighted by Crippen LogP contribution is -2.28. The van der Waals surface area contributed by atoms with Gasteiger partial charge in [0.05, 0.1) is 0 Å². The lowest BCUT2D eigenvalue weighted by atomic mass is 10.2. The molecule has 0 aliphatic heterocycles. The maximum Gasteiger partial charge on any atom is 0.0300 e. The van der Waals surface area contributed by atoms with Crippen LogP contribution in [0.5, 0.6) is 0 Å². The maximum absolute atomic E-state index is 4.15. The van der Waals surface area contributed by atoms with Crippen LogP contribution < -0.4 is 0 Å². The lowest BCUT2D eigenvalue weighted by molar-refractivity contribution is 0.310. The molecule has 2 nitrogen and oxygen atoms in total. The predicted molar refractivity (Wildman–Crippen MR) is 77.7 cm³/mol. The van der Waals surface area contributed by atoms with Gasteiger partial charge in [-0.05, 0) is 36.8 Å². The summed E-state index contributed by atoms with van der Waals surface area (Å²) in [5.74, 6) is 2.55. The SMILES string of the molecule is CCCSCCN(CC)CCc1cccnc1. The third kappa shape index (κ3) is 6.69. The highest BCUT2D eigenvalue weighted by Gasteiger charge is 2.02. The number of thioether (sulfide) groups is 1. The number of nitrogens with zero attached hydrogens (tertiary/aromatic N) is 2. The Labute approximate surface area is 110 Å². The molecule has 1 heterocycles. The summed E-state index contributed by atoms with van der Waals surface area (Å²) in [7, 11) is 0. The smallest absolute Gasteiger partial charge is 0.0300 e. The first-order valence-corrected chi connectivity index (χ1v) is 7.71. The molecule has 0 bridgehead atoms. The van der Waals surface area contributed by atoms with Crippen molar-refractivity contribution >= 4 is 11.8 Å². The van der Waals surface area contributed by atoms with Gasteiger partial charge in [-0.15, -0.1) is 0 Å². The average molecular weight is 252 g/mol. The number of likely N-dealkylation sites (N-methyl/N-ethyl adjacent to an activating group) is 1. The third-order valence-electron chi connectivity index (χ3n) is 2.79. The molecule has 0 atom stereocenters. The summed E-state index contributed by atoms with van der Waals surface area (Å²) in [4.78, 5) is 6.68. The fraction of sp³-hybridized carbons (Fsp3) is 0.643. The fourth-order valence-corrected chi connectivity index (χ4v) is 2.58. The first-order chi connectivity index (χ1) is 8.36. The van der Waals surface area contributed by atoms with E-state index in [9.17, 15) is 0 Å². The first-order valence-electron chi connectivity index (χ1n) is 6.55. The van der Waals surface area contributed by atoms with Crippen molar-refractivity contribution in [3.05, 3.63) is 30.1 Å². The zero-order chi connectivity index (χ0) is 12.3. The van der Waals surface area contributed by atoms with Gasteiger partial charge in [0.1, 0.15) is 0 Å². The minimum atomic E-state index is 1.11. The highest BCUT2D eigenvalue weighted by Crippen LogP contribution is 2.04. The summed E-state index contributed by atoms with van der Waals surface area (Å²) in [6, 6.07) is 4.18. The van der Waals surface area contributed by atoms with Crippen molar-refractivity contribution < 1.29 is 0 Å². The number of hydrogen-bond donors (Lipinski definition) is 0. The van der Waals surface area contributed by atoms with Crippen molar-refractivity contribution in [1.29, 1.82) is 0 Å². The molecular formula is C14H24N2S. The van der Waals surface area contributed by atoms with E-state index in [0.717, 1.165) is 19.5 Å². The Hall–Kier alpha value is -0.540. The van der Waals surface area contributed by atoms with Crippen molar-refractivity contribution in [2.45, 2.75) is 26.7 Å². The van der Waals surface area contributed by atoms with E-state index in [2.05, 4.69) is 41.6 Å². The minimum Gasteiger partial charge on any atom is -0.302 e. The highest BCUT2D eigenvalue weighted by molar-refractivity contribution is 7.99. The quantitative estimate of drug-likeness (QED) is 0.628. The molecule has 17 heavy (non-hydrogen) atoms. The van der Waals surface area contributed by atoms with Gasteiger partial charge in [0.15, 0.2) is 0 Å². The van der Waals surface area contributed by atoms with Crippen molar-refractivity contribution in [1.82, 2.24) is 9.88 Å². The van der Waals surface area contributed by atoms with Gasteiger partial charge in [-0.2, -0.15) is 11.8 Å². The van der Waals surface area contributed by atoms with Gasteiger partial charge in [0.2, 0.25) is 0 Å². The molecule has 3 heteroatoms. The normalized spacial score (nSPS) is 11.0. The molecule has 0 aliphatic carbocycles. The molecule has 0 unspecified atom stereocenters. The van der Waals surface area contributed by atoms with Crippen LogP contribution in [0.4, 0.5) is 0 Å². The minimum absolute atomic E-state index is 1.11. The molecule has 1 aromatic heterocycles. The second-order valence-electron chi connectivity index (χ2n) is 4.16. The van der Waals surface area contributed by atoms with Crippen LogP contribution in [0.25, 0.3) is 0 Å². The van der Waals surface area contributed by atoms with E-state index in [4.69, 9.17) is 0 Å². The Bertz CT molecular complexity index is 277. The molecule has 0 amide bonds. The molecular weight excluding hydrogens is 228 g/mol. The van der Waals surface area contributed by atoms with Crippen molar-refractivity contribution in [3.8, 4) is 0 Å². The van der Waals surface area contributed by atoms with Gasteiger partial charge in [0.25, 0.3) is 0 Å². The molecule has 0 N–H and O–H groups in total. The average Bonchev–Trinajstić information content (AvgIpc) is 2.39. The summed E-state index contributed by atoms with van der Waals surface area (Å²) in [6.07, 6.45) is 6.20. The fourth-order valence-electron chi connectivity index (χ4n) is 1.70. The standard InChI is InChI=1S/C14H24N2S/c1-3-11-17-12-10-16(4-2)9-7-14-6-5-8-15-13-14/h5-6,8,13H,3-4,7,9-12H2,1-2H3. The summed E-state index contributed by atoms with van der Waals surface area (Å²) < 4.78 is 0. The van der Waals surface area contributed by atoms with E-state index in [-0.39, 0.29) is 0 Å². The zero-order valence-electron chi connectivity index (χ0n) is 11.1. The maximum atomic E-state index is 4.15. The predicted octanol–water partition coefficient (Wildman–Crippen LogP) is 3.09. The second kappa shape index (κ2) is 9.49.